The van der Waals surface area contributed by atoms with Crippen LogP contribution in [-0.2, 0) is 0 Å². The van der Waals surface area contributed by atoms with Crippen molar-refractivity contribution in [1.29, 1.82) is 0 Å². The molecule has 0 fully saturated rings. The first-order valence-corrected chi connectivity index (χ1v) is 5.86. The summed E-state index contributed by atoms with van der Waals surface area (Å²) >= 11 is 5.77. The molecule has 0 heterocycles. The fraction of sp³-hybridized carbons (Fsp3) is 0.333. The molecule has 1 N–H and O–H groups in total. The Bertz CT molecular complexity index is 449. The third-order valence-corrected chi connectivity index (χ3v) is 2.49. The maximum atomic E-state index is 10.6. The van der Waals surface area contributed by atoms with Gasteiger partial charge < -0.3 is 10.1 Å². The van der Waals surface area contributed by atoms with Gasteiger partial charge in [-0.15, -0.1) is 0 Å². The number of benzene rings is 1. The molecule has 0 aliphatic rings. The molecule has 1 aromatic rings. The Labute approximate surface area is 111 Å². The van der Waals surface area contributed by atoms with Crippen LogP contribution in [0, 0.1) is 10.1 Å². The number of hydrogen-bond acceptors (Lipinski definition) is 4. The summed E-state index contributed by atoms with van der Waals surface area (Å²) in [6.45, 7) is 7.74. The zero-order chi connectivity index (χ0) is 13.5. The predicted molar refractivity (Wildman–Crippen MR) is 71.3 cm³/mol. The quantitative estimate of drug-likeness (QED) is 0.470. The zero-order valence-corrected chi connectivity index (χ0v) is 10.9. The van der Waals surface area contributed by atoms with E-state index in [1.54, 1.807) is 0 Å². The van der Waals surface area contributed by atoms with Crippen molar-refractivity contribution in [3.63, 3.8) is 0 Å². The van der Waals surface area contributed by atoms with E-state index in [4.69, 9.17) is 16.3 Å². The summed E-state index contributed by atoms with van der Waals surface area (Å²) < 4.78 is 5.43. The van der Waals surface area contributed by atoms with Gasteiger partial charge >= 0.3 is 0 Å². The Balaban J connectivity index is 2.56. The van der Waals surface area contributed by atoms with Crippen LogP contribution in [0.1, 0.15) is 6.92 Å². The first-order valence-electron chi connectivity index (χ1n) is 5.48. The average molecular weight is 271 g/mol. The van der Waals surface area contributed by atoms with Gasteiger partial charge in [0, 0.05) is 18.7 Å². The van der Waals surface area contributed by atoms with E-state index in [1.807, 2.05) is 6.92 Å². The summed E-state index contributed by atoms with van der Waals surface area (Å²) in [5, 5.41) is 13.8. The first kappa shape index (κ1) is 14.5. The summed E-state index contributed by atoms with van der Waals surface area (Å²) in [6, 6.07) is 4.27. The van der Waals surface area contributed by atoms with Crippen molar-refractivity contribution in [3.05, 3.63) is 45.5 Å². The second-order valence-corrected chi connectivity index (χ2v) is 4.10. The van der Waals surface area contributed by atoms with E-state index in [0.29, 0.717) is 18.9 Å². The average Bonchev–Trinajstić information content (AvgIpc) is 2.33. The van der Waals surface area contributed by atoms with Crippen molar-refractivity contribution < 1.29 is 9.66 Å². The number of nitro groups is 1. The molecule has 6 heteroatoms. The lowest BCUT2D eigenvalue weighted by Crippen LogP contribution is -2.18. The van der Waals surface area contributed by atoms with Gasteiger partial charge in [0.1, 0.15) is 17.4 Å². The highest BCUT2D eigenvalue weighted by molar-refractivity contribution is 6.32. The van der Waals surface area contributed by atoms with E-state index in [9.17, 15) is 10.1 Å². The van der Waals surface area contributed by atoms with E-state index in [-0.39, 0.29) is 10.7 Å². The van der Waals surface area contributed by atoms with Gasteiger partial charge in [0.15, 0.2) is 0 Å². The number of nitro benzene ring substituents is 1. The molecule has 18 heavy (non-hydrogen) atoms. The van der Waals surface area contributed by atoms with Gasteiger partial charge in [0.25, 0.3) is 5.69 Å². The largest absolute Gasteiger partial charge is 0.489 e. The van der Waals surface area contributed by atoms with Gasteiger partial charge in [-0.05, 0) is 18.2 Å². The summed E-state index contributed by atoms with van der Waals surface area (Å²) in [4.78, 5) is 10.0. The van der Waals surface area contributed by atoms with Gasteiger partial charge in [-0.1, -0.05) is 25.1 Å². The first-order chi connectivity index (χ1) is 8.54. The van der Waals surface area contributed by atoms with Crippen LogP contribution < -0.4 is 10.1 Å². The molecule has 98 valence electrons. The minimum Gasteiger partial charge on any atom is -0.489 e. The fourth-order valence-electron chi connectivity index (χ4n) is 1.26. The maximum Gasteiger partial charge on any atom is 0.288 e. The van der Waals surface area contributed by atoms with E-state index >= 15 is 0 Å². The minimum atomic E-state index is -0.532. The lowest BCUT2D eigenvalue weighted by Gasteiger charge is -2.09. The summed E-state index contributed by atoms with van der Waals surface area (Å²) in [6.07, 6.45) is 0. The van der Waals surface area contributed by atoms with E-state index in [0.717, 1.165) is 12.1 Å². The number of rotatable bonds is 7. The number of ether oxygens (including phenoxy) is 1. The van der Waals surface area contributed by atoms with Crippen LogP contribution in [0.2, 0.25) is 5.02 Å². The number of nitrogens with zero attached hydrogens (tertiary/aromatic N) is 1. The third-order valence-electron chi connectivity index (χ3n) is 2.18. The number of likely N-dealkylation sites (N-methyl/N-ethyl adjacent to an activating group) is 1. The Morgan fingerprint density at radius 3 is 2.89 bits per heavy atom. The monoisotopic (exact) mass is 270 g/mol. The molecule has 1 aromatic carbocycles. The normalized spacial score (nSPS) is 10.1. The number of nitrogens with one attached hydrogen (secondary N) is 1. The maximum absolute atomic E-state index is 10.6. The Morgan fingerprint density at radius 1 is 1.61 bits per heavy atom. The van der Waals surface area contributed by atoms with Crippen LogP contribution >= 0.6 is 11.6 Å². The van der Waals surface area contributed by atoms with E-state index in [2.05, 4.69) is 11.9 Å². The van der Waals surface area contributed by atoms with Gasteiger partial charge in [-0.2, -0.15) is 0 Å². The van der Waals surface area contributed by atoms with Crippen molar-refractivity contribution in [2.45, 2.75) is 6.92 Å². The summed E-state index contributed by atoms with van der Waals surface area (Å²) in [5.41, 5.74) is 0.766. The molecule has 5 nitrogen and oxygen atoms in total. The standard InChI is InChI=1S/C12H15ClN2O3/c1-3-14-7-9(2)8-18-10-4-5-12(15(16)17)11(13)6-10/h4-6,14H,2-3,7-8H2,1H3. The van der Waals surface area contributed by atoms with Crippen LogP contribution in [0.4, 0.5) is 5.69 Å². The molecule has 0 unspecified atom stereocenters. The highest BCUT2D eigenvalue weighted by Gasteiger charge is 2.12. The number of hydrogen-bond donors (Lipinski definition) is 1. The Hall–Kier alpha value is -1.59. The minimum absolute atomic E-state index is 0.0646. The smallest absolute Gasteiger partial charge is 0.288 e. The molecule has 0 atom stereocenters. The highest BCUT2D eigenvalue weighted by Crippen LogP contribution is 2.28. The van der Waals surface area contributed by atoms with Crippen LogP contribution in [0.5, 0.6) is 5.75 Å². The molecule has 0 radical (unpaired) electrons. The second-order valence-electron chi connectivity index (χ2n) is 3.69. The van der Waals surface area contributed by atoms with Crippen LogP contribution in [0.25, 0.3) is 0 Å². The van der Waals surface area contributed by atoms with Crippen LogP contribution in [-0.4, -0.2) is 24.6 Å². The molecular weight excluding hydrogens is 256 g/mol. The zero-order valence-electron chi connectivity index (χ0n) is 10.1. The topological polar surface area (TPSA) is 64.4 Å². The van der Waals surface area contributed by atoms with Gasteiger partial charge in [0.2, 0.25) is 0 Å². The van der Waals surface area contributed by atoms with Gasteiger partial charge in [-0.25, -0.2) is 0 Å². The van der Waals surface area contributed by atoms with Crippen LogP contribution in [0.3, 0.4) is 0 Å². The second kappa shape index (κ2) is 6.98. The molecule has 0 aliphatic heterocycles. The Morgan fingerprint density at radius 2 is 2.33 bits per heavy atom. The number of halogens is 1. The van der Waals surface area contributed by atoms with Crippen molar-refractivity contribution in [2.24, 2.45) is 0 Å². The Kier molecular flexibility index (Phi) is 5.61. The lowest BCUT2D eigenvalue weighted by atomic mass is 10.3. The molecule has 0 aromatic heterocycles. The molecule has 0 bridgehead atoms. The molecular formula is C12H15ClN2O3. The van der Waals surface area contributed by atoms with Crippen molar-refractivity contribution >= 4 is 17.3 Å². The van der Waals surface area contributed by atoms with Gasteiger partial charge in [0.05, 0.1) is 4.92 Å². The highest BCUT2D eigenvalue weighted by atomic mass is 35.5. The predicted octanol–water partition coefficient (Wildman–Crippen LogP) is 2.79. The van der Waals surface area contributed by atoms with E-state index in [1.165, 1.54) is 18.2 Å². The molecule has 0 saturated carbocycles. The van der Waals surface area contributed by atoms with Crippen molar-refractivity contribution in [1.82, 2.24) is 5.32 Å². The lowest BCUT2D eigenvalue weighted by molar-refractivity contribution is -0.384. The van der Waals surface area contributed by atoms with Crippen LogP contribution in [0.15, 0.2) is 30.4 Å². The van der Waals surface area contributed by atoms with Gasteiger partial charge in [-0.3, -0.25) is 10.1 Å². The third kappa shape index (κ3) is 4.35. The fourth-order valence-corrected chi connectivity index (χ4v) is 1.50. The summed E-state index contributed by atoms with van der Waals surface area (Å²) in [7, 11) is 0. The molecule has 0 amide bonds. The molecule has 0 spiro atoms. The van der Waals surface area contributed by atoms with Crippen molar-refractivity contribution in [3.8, 4) is 5.75 Å². The molecule has 0 aliphatic carbocycles. The van der Waals surface area contributed by atoms with E-state index < -0.39 is 4.92 Å². The molecule has 1 rings (SSSR count). The van der Waals surface area contributed by atoms with Crippen molar-refractivity contribution in [2.75, 3.05) is 19.7 Å². The SMILES string of the molecule is C=C(CNCC)COc1ccc([N+](=O)[O-])c(Cl)c1. The summed E-state index contributed by atoms with van der Waals surface area (Å²) in [5.74, 6) is 0.489. The molecule has 0 saturated heterocycles.